The van der Waals surface area contributed by atoms with Crippen LogP contribution in [-0.2, 0) is 11.1 Å². The van der Waals surface area contributed by atoms with Crippen molar-refractivity contribution in [2.45, 2.75) is 4.90 Å². The molecule has 2 aromatic rings. The van der Waals surface area contributed by atoms with Crippen molar-refractivity contribution in [3.8, 4) is 0 Å². The molecule has 0 aromatic heterocycles. The third kappa shape index (κ3) is 3.60. The number of ketones is 1. The van der Waals surface area contributed by atoms with E-state index in [2.05, 4.69) is 0 Å². The van der Waals surface area contributed by atoms with E-state index in [1.807, 2.05) is 6.07 Å². The van der Waals surface area contributed by atoms with E-state index in [4.69, 9.17) is 0 Å². The summed E-state index contributed by atoms with van der Waals surface area (Å²) in [5, 5.41) is 0. The van der Waals surface area contributed by atoms with Gasteiger partial charge >= 0.3 is 29.6 Å². The van der Waals surface area contributed by atoms with Crippen molar-refractivity contribution in [1.82, 2.24) is 0 Å². The first-order valence-electron chi connectivity index (χ1n) is 4.97. The molecule has 86 valence electrons. The maximum atomic E-state index is 12.0. The van der Waals surface area contributed by atoms with Gasteiger partial charge in [0.1, 0.15) is 0 Å². The minimum Gasteiger partial charge on any atom is -0.768 e. The molecular formula is C13H9NaO3S. The quantitative estimate of drug-likeness (QED) is 0.414. The Balaban J connectivity index is 0.00000162. The second kappa shape index (κ2) is 6.97. The summed E-state index contributed by atoms with van der Waals surface area (Å²) in [4.78, 5) is 12.1. The Kier molecular flexibility index (Phi) is 5.91. The van der Waals surface area contributed by atoms with E-state index < -0.39 is 11.1 Å². The van der Waals surface area contributed by atoms with Crippen molar-refractivity contribution >= 4 is 16.9 Å². The van der Waals surface area contributed by atoms with Crippen LogP contribution < -0.4 is 29.6 Å². The van der Waals surface area contributed by atoms with E-state index in [1.54, 1.807) is 36.4 Å². The third-order valence-electron chi connectivity index (χ3n) is 2.32. The van der Waals surface area contributed by atoms with Gasteiger partial charge < -0.3 is 4.55 Å². The van der Waals surface area contributed by atoms with Gasteiger partial charge in [-0.2, -0.15) is 0 Å². The van der Waals surface area contributed by atoms with Crippen LogP contribution in [0.15, 0.2) is 59.5 Å². The molecule has 3 nitrogen and oxygen atoms in total. The number of rotatable bonds is 3. The van der Waals surface area contributed by atoms with E-state index in [9.17, 15) is 13.6 Å². The molecule has 0 aliphatic rings. The Labute approximate surface area is 130 Å². The van der Waals surface area contributed by atoms with Gasteiger partial charge in [0.25, 0.3) is 0 Å². The van der Waals surface area contributed by atoms with Crippen molar-refractivity contribution < 1.29 is 43.1 Å². The molecule has 0 fully saturated rings. The maximum absolute atomic E-state index is 12.0. The van der Waals surface area contributed by atoms with Gasteiger partial charge in [-0.1, -0.05) is 42.5 Å². The molecule has 0 saturated carbocycles. The predicted molar refractivity (Wildman–Crippen MR) is 63.5 cm³/mol. The zero-order valence-corrected chi connectivity index (χ0v) is 12.6. The van der Waals surface area contributed by atoms with Crippen LogP contribution in [-0.4, -0.2) is 14.5 Å². The van der Waals surface area contributed by atoms with Crippen LogP contribution in [0.4, 0.5) is 0 Å². The van der Waals surface area contributed by atoms with Crippen LogP contribution in [0.3, 0.4) is 0 Å². The summed E-state index contributed by atoms with van der Waals surface area (Å²) in [6.45, 7) is 0. The fourth-order valence-electron chi connectivity index (χ4n) is 1.50. The first-order valence-corrected chi connectivity index (χ1v) is 6.05. The number of carbonyl (C=O) groups excluding carboxylic acids is 1. The molecule has 0 radical (unpaired) electrons. The molecule has 0 amide bonds. The maximum Gasteiger partial charge on any atom is 1.00 e. The van der Waals surface area contributed by atoms with Crippen LogP contribution in [0.5, 0.6) is 0 Å². The van der Waals surface area contributed by atoms with Gasteiger partial charge in [0.2, 0.25) is 0 Å². The zero-order chi connectivity index (χ0) is 12.3. The topological polar surface area (TPSA) is 57.2 Å². The summed E-state index contributed by atoms with van der Waals surface area (Å²) >= 11 is -2.31. The number of hydrogen-bond acceptors (Lipinski definition) is 3. The molecule has 5 heteroatoms. The molecule has 0 aliphatic heterocycles. The van der Waals surface area contributed by atoms with Crippen molar-refractivity contribution in [2.24, 2.45) is 0 Å². The monoisotopic (exact) mass is 268 g/mol. The van der Waals surface area contributed by atoms with Gasteiger partial charge in [-0.15, -0.1) is 0 Å². The van der Waals surface area contributed by atoms with Crippen molar-refractivity contribution in [1.29, 1.82) is 0 Å². The smallest absolute Gasteiger partial charge is 0.768 e. The van der Waals surface area contributed by atoms with Gasteiger partial charge in [-0.05, 0) is 23.2 Å². The first-order chi connectivity index (χ1) is 8.18. The van der Waals surface area contributed by atoms with Gasteiger partial charge in [0, 0.05) is 16.0 Å². The van der Waals surface area contributed by atoms with E-state index in [0.29, 0.717) is 11.1 Å². The Bertz CT molecular complexity index is 569. The molecule has 2 aromatic carbocycles. The number of hydrogen-bond donors (Lipinski definition) is 0. The molecule has 1 atom stereocenters. The fourth-order valence-corrected chi connectivity index (χ4v) is 1.91. The predicted octanol–water partition coefficient (Wildman–Crippen LogP) is -0.840. The molecule has 0 heterocycles. The van der Waals surface area contributed by atoms with E-state index in [1.165, 1.54) is 12.1 Å². The fraction of sp³-hybridized carbons (Fsp3) is 0. The molecule has 18 heavy (non-hydrogen) atoms. The van der Waals surface area contributed by atoms with E-state index in [-0.39, 0.29) is 40.2 Å². The van der Waals surface area contributed by atoms with Crippen LogP contribution in [0.25, 0.3) is 0 Å². The minimum absolute atomic E-state index is 0. The Morgan fingerprint density at radius 2 is 1.56 bits per heavy atom. The first kappa shape index (κ1) is 15.3. The Morgan fingerprint density at radius 3 is 2.17 bits per heavy atom. The Hall–Kier alpha value is -0.780. The molecule has 0 N–H and O–H groups in total. The van der Waals surface area contributed by atoms with Gasteiger partial charge in [-0.3, -0.25) is 9.00 Å². The summed E-state index contributed by atoms with van der Waals surface area (Å²) in [6.07, 6.45) is 0. The summed E-state index contributed by atoms with van der Waals surface area (Å²) < 4.78 is 21.6. The normalized spacial score (nSPS) is 11.4. The average molecular weight is 268 g/mol. The molecular weight excluding hydrogens is 259 g/mol. The second-order valence-electron chi connectivity index (χ2n) is 3.46. The molecule has 0 saturated heterocycles. The second-order valence-corrected chi connectivity index (χ2v) is 4.40. The molecule has 2 rings (SSSR count). The van der Waals surface area contributed by atoms with E-state index in [0.717, 1.165) is 0 Å². The van der Waals surface area contributed by atoms with Crippen LogP contribution in [0.2, 0.25) is 0 Å². The third-order valence-corrected chi connectivity index (χ3v) is 2.96. The minimum atomic E-state index is -2.31. The largest absolute Gasteiger partial charge is 1.00 e. The van der Waals surface area contributed by atoms with Crippen LogP contribution in [0, 0.1) is 0 Å². The van der Waals surface area contributed by atoms with Gasteiger partial charge in [0.15, 0.2) is 5.78 Å². The van der Waals surface area contributed by atoms with E-state index >= 15 is 0 Å². The molecule has 1 unspecified atom stereocenters. The molecule has 0 aliphatic carbocycles. The standard InChI is InChI=1S/C13H10O3S.Na/c14-13(10-5-2-1-3-6-10)11-7-4-8-12(9-11)17(15)16;/h1-9H,(H,15,16);/q;+1/p-1. The van der Waals surface area contributed by atoms with Gasteiger partial charge in [-0.25, -0.2) is 0 Å². The van der Waals surface area contributed by atoms with Crippen molar-refractivity contribution in [3.05, 3.63) is 65.7 Å². The molecule has 0 bridgehead atoms. The van der Waals surface area contributed by atoms with Crippen LogP contribution in [0.1, 0.15) is 15.9 Å². The number of benzene rings is 2. The SMILES string of the molecule is O=C(c1ccccc1)c1cccc(S(=O)[O-])c1.[Na+]. The molecule has 0 spiro atoms. The number of carbonyl (C=O) groups is 1. The van der Waals surface area contributed by atoms with Gasteiger partial charge in [0.05, 0.1) is 0 Å². The summed E-state index contributed by atoms with van der Waals surface area (Å²) in [5.74, 6) is -0.182. The summed E-state index contributed by atoms with van der Waals surface area (Å²) in [6, 6.07) is 14.7. The van der Waals surface area contributed by atoms with Crippen molar-refractivity contribution in [3.63, 3.8) is 0 Å². The van der Waals surface area contributed by atoms with Crippen molar-refractivity contribution in [2.75, 3.05) is 0 Å². The summed E-state index contributed by atoms with van der Waals surface area (Å²) in [7, 11) is 0. The summed E-state index contributed by atoms with van der Waals surface area (Å²) in [5.41, 5.74) is 0.916. The Morgan fingerprint density at radius 1 is 0.944 bits per heavy atom. The zero-order valence-electron chi connectivity index (χ0n) is 9.83. The van der Waals surface area contributed by atoms with Crippen LogP contribution >= 0.6 is 0 Å². The average Bonchev–Trinajstić information content (AvgIpc) is 2.39.